The first-order valence-electron chi connectivity index (χ1n) is 11.6. The molecule has 0 radical (unpaired) electrons. The number of rotatable bonds is 9. The summed E-state index contributed by atoms with van der Waals surface area (Å²) in [6, 6.07) is 13.0. The van der Waals surface area contributed by atoms with Gasteiger partial charge in [-0.1, -0.05) is 50.1 Å². The van der Waals surface area contributed by atoms with Crippen molar-refractivity contribution >= 4 is 41.2 Å². The summed E-state index contributed by atoms with van der Waals surface area (Å²) in [7, 11) is 1.31. The molecule has 1 aliphatic rings. The maximum atomic E-state index is 13.6. The molecular formula is C26H29N3O7. The van der Waals surface area contributed by atoms with Crippen molar-refractivity contribution in [3.63, 3.8) is 0 Å². The number of hydrazine groups is 1. The molecule has 0 aliphatic carbocycles. The van der Waals surface area contributed by atoms with E-state index in [0.29, 0.717) is 11.4 Å². The summed E-state index contributed by atoms with van der Waals surface area (Å²) in [4.78, 5) is 65.6. The minimum absolute atomic E-state index is 0.0409. The van der Waals surface area contributed by atoms with E-state index < -0.39 is 41.8 Å². The number of nitrogens with zero attached hydrogens (tertiary/aromatic N) is 3. The van der Waals surface area contributed by atoms with E-state index in [9.17, 15) is 29.1 Å². The molecule has 36 heavy (non-hydrogen) atoms. The average Bonchev–Trinajstić information content (AvgIpc) is 3.08. The van der Waals surface area contributed by atoms with Crippen LogP contribution in [-0.2, 0) is 19.1 Å². The number of benzene rings is 2. The molecule has 1 unspecified atom stereocenters. The Morgan fingerprint density at radius 1 is 0.972 bits per heavy atom. The highest BCUT2D eigenvalue weighted by Crippen LogP contribution is 2.37. The predicted octanol–water partition coefficient (Wildman–Crippen LogP) is 3.86. The van der Waals surface area contributed by atoms with Crippen molar-refractivity contribution in [2.24, 2.45) is 5.41 Å². The van der Waals surface area contributed by atoms with Crippen LogP contribution in [0, 0.1) is 5.41 Å². The van der Waals surface area contributed by atoms with Gasteiger partial charge in [0.05, 0.1) is 16.9 Å². The lowest BCUT2D eigenvalue weighted by atomic mass is 9.91. The van der Waals surface area contributed by atoms with Gasteiger partial charge in [0.2, 0.25) is 0 Å². The molecule has 1 saturated heterocycles. The van der Waals surface area contributed by atoms with E-state index >= 15 is 0 Å². The standard InChI is InChI=1S/C26H29N3O7/c1-4-5-7-16-21(30)36-17-26(2)23(33)28(18-12-8-6-9-13-18)29(24(26)34)25(35)27(3)20-15-11-10-14-19(20)22(31)32/h6,8-15H,4-5,7,16-17H2,1-3H3,(H,31,32). The first-order chi connectivity index (χ1) is 17.1. The largest absolute Gasteiger partial charge is 0.478 e. The summed E-state index contributed by atoms with van der Waals surface area (Å²) < 4.78 is 5.29. The van der Waals surface area contributed by atoms with Crippen LogP contribution >= 0.6 is 0 Å². The van der Waals surface area contributed by atoms with Gasteiger partial charge in [0.25, 0.3) is 11.8 Å². The highest BCUT2D eigenvalue weighted by atomic mass is 16.5. The van der Waals surface area contributed by atoms with Crippen LogP contribution in [0.1, 0.15) is 49.9 Å². The number of imide groups is 1. The minimum atomic E-state index is -1.85. The molecule has 2 aromatic rings. The van der Waals surface area contributed by atoms with E-state index in [2.05, 4.69) is 0 Å². The zero-order valence-electron chi connectivity index (χ0n) is 20.5. The molecule has 1 aliphatic heterocycles. The number of unbranched alkanes of at least 4 members (excludes halogenated alkanes) is 2. The number of esters is 1. The van der Waals surface area contributed by atoms with Gasteiger partial charge in [-0.2, -0.15) is 5.01 Å². The van der Waals surface area contributed by atoms with Crippen LogP contribution in [0.25, 0.3) is 0 Å². The Hall–Kier alpha value is -4.21. The summed E-state index contributed by atoms with van der Waals surface area (Å²) in [5, 5.41) is 11.1. The van der Waals surface area contributed by atoms with Gasteiger partial charge < -0.3 is 9.84 Å². The predicted molar refractivity (Wildman–Crippen MR) is 131 cm³/mol. The van der Waals surface area contributed by atoms with Gasteiger partial charge >= 0.3 is 18.0 Å². The molecule has 1 heterocycles. The van der Waals surface area contributed by atoms with Crippen molar-refractivity contribution in [3.05, 3.63) is 60.2 Å². The highest BCUT2D eigenvalue weighted by molar-refractivity contribution is 6.24. The van der Waals surface area contributed by atoms with E-state index in [1.165, 1.54) is 32.2 Å². The number of hydrogen-bond donors (Lipinski definition) is 1. The van der Waals surface area contributed by atoms with E-state index in [4.69, 9.17) is 4.74 Å². The molecular weight excluding hydrogens is 466 g/mol. The van der Waals surface area contributed by atoms with E-state index in [1.807, 2.05) is 6.92 Å². The zero-order chi connectivity index (χ0) is 26.5. The summed E-state index contributed by atoms with van der Waals surface area (Å²) in [5.41, 5.74) is -1.71. The third-order valence-electron chi connectivity index (χ3n) is 6.00. The molecule has 1 atom stereocenters. The Bertz CT molecular complexity index is 1170. The second kappa shape index (κ2) is 11.0. The number of carbonyl (C=O) groups excluding carboxylic acids is 4. The summed E-state index contributed by atoms with van der Waals surface area (Å²) >= 11 is 0. The smallest absolute Gasteiger partial charge is 0.350 e. The molecule has 10 heteroatoms. The average molecular weight is 496 g/mol. The summed E-state index contributed by atoms with van der Waals surface area (Å²) in [6.07, 6.45) is 2.55. The molecule has 2 aromatic carbocycles. The molecule has 190 valence electrons. The molecule has 0 aromatic heterocycles. The van der Waals surface area contributed by atoms with Crippen molar-refractivity contribution in [1.82, 2.24) is 5.01 Å². The van der Waals surface area contributed by atoms with E-state index in [-0.39, 0.29) is 23.4 Å². The second-order valence-electron chi connectivity index (χ2n) is 8.68. The molecule has 10 nitrogen and oxygen atoms in total. The molecule has 0 bridgehead atoms. The van der Waals surface area contributed by atoms with Crippen LogP contribution in [-0.4, -0.2) is 53.6 Å². The number of aromatic carboxylic acids is 1. The quantitative estimate of drug-likeness (QED) is 0.318. The van der Waals surface area contributed by atoms with Gasteiger partial charge in [0.1, 0.15) is 6.61 Å². The molecule has 1 fully saturated rings. The molecule has 0 saturated carbocycles. The highest BCUT2D eigenvalue weighted by Gasteiger charge is 2.59. The SMILES string of the molecule is CCCCCC(=O)OCC1(C)C(=O)N(C(=O)N(C)c2ccccc2C(=O)O)N(c2ccccc2)C1=O. The van der Waals surface area contributed by atoms with E-state index in [1.54, 1.807) is 36.4 Å². The number of hydrogen-bond acceptors (Lipinski definition) is 6. The lowest BCUT2D eigenvalue weighted by molar-refractivity contribution is -0.152. The minimum Gasteiger partial charge on any atom is -0.478 e. The van der Waals surface area contributed by atoms with Crippen LogP contribution in [0.3, 0.4) is 0 Å². The van der Waals surface area contributed by atoms with Gasteiger partial charge in [0, 0.05) is 13.5 Å². The molecule has 4 amide bonds. The Labute approximate surface area is 209 Å². The van der Waals surface area contributed by atoms with Crippen molar-refractivity contribution in [1.29, 1.82) is 0 Å². The summed E-state index contributed by atoms with van der Waals surface area (Å²) in [5.74, 6) is -3.42. The van der Waals surface area contributed by atoms with Crippen LogP contribution in [0.2, 0.25) is 0 Å². The number of carboxylic acid groups (broad SMARTS) is 1. The van der Waals surface area contributed by atoms with Crippen LogP contribution in [0.15, 0.2) is 54.6 Å². The second-order valence-corrected chi connectivity index (χ2v) is 8.68. The first kappa shape index (κ1) is 26.4. The zero-order valence-corrected chi connectivity index (χ0v) is 20.5. The molecule has 0 spiro atoms. The lowest BCUT2D eigenvalue weighted by Crippen LogP contribution is -2.51. The van der Waals surface area contributed by atoms with Crippen LogP contribution < -0.4 is 9.91 Å². The number of amides is 4. The fraction of sp³-hybridized carbons (Fsp3) is 0.346. The van der Waals surface area contributed by atoms with Crippen LogP contribution in [0.4, 0.5) is 16.2 Å². The topological polar surface area (TPSA) is 125 Å². The van der Waals surface area contributed by atoms with Crippen molar-refractivity contribution in [2.75, 3.05) is 23.6 Å². The number of carboxylic acids is 1. The Kier molecular flexibility index (Phi) is 8.08. The Morgan fingerprint density at radius 3 is 2.25 bits per heavy atom. The Morgan fingerprint density at radius 2 is 1.61 bits per heavy atom. The number of anilines is 2. The fourth-order valence-corrected chi connectivity index (χ4v) is 3.85. The molecule has 3 rings (SSSR count). The van der Waals surface area contributed by atoms with Gasteiger partial charge in [-0.3, -0.25) is 19.3 Å². The van der Waals surface area contributed by atoms with Gasteiger partial charge in [-0.05, 0) is 37.6 Å². The van der Waals surface area contributed by atoms with Crippen molar-refractivity contribution in [2.45, 2.75) is 39.5 Å². The lowest BCUT2D eigenvalue weighted by Gasteiger charge is -2.30. The van der Waals surface area contributed by atoms with Crippen molar-refractivity contribution in [3.8, 4) is 0 Å². The van der Waals surface area contributed by atoms with E-state index in [0.717, 1.165) is 22.8 Å². The van der Waals surface area contributed by atoms with Crippen LogP contribution in [0.5, 0.6) is 0 Å². The molecule has 1 N–H and O–H groups in total. The normalized spacial score (nSPS) is 17.3. The first-order valence-corrected chi connectivity index (χ1v) is 11.6. The number of para-hydroxylation sites is 2. The summed E-state index contributed by atoms with van der Waals surface area (Å²) in [6.45, 7) is 2.79. The van der Waals surface area contributed by atoms with Gasteiger partial charge in [-0.25, -0.2) is 14.6 Å². The number of carbonyl (C=O) groups is 5. The maximum Gasteiger partial charge on any atom is 0.350 e. The third-order valence-corrected chi connectivity index (χ3v) is 6.00. The monoisotopic (exact) mass is 495 g/mol. The Balaban J connectivity index is 1.96. The maximum absolute atomic E-state index is 13.6. The van der Waals surface area contributed by atoms with Gasteiger partial charge in [0.15, 0.2) is 5.41 Å². The van der Waals surface area contributed by atoms with Crippen molar-refractivity contribution < 1.29 is 33.8 Å². The number of ether oxygens (including phenoxy) is 1. The third kappa shape index (κ3) is 5.07. The van der Waals surface area contributed by atoms with Gasteiger partial charge in [-0.15, -0.1) is 0 Å². The number of urea groups is 1. The fourth-order valence-electron chi connectivity index (χ4n) is 3.85.